The van der Waals surface area contributed by atoms with E-state index >= 15 is 0 Å². The molecule has 0 aliphatic carbocycles. The molecule has 1 saturated heterocycles. The molecule has 4 aromatic rings. The second-order valence-corrected chi connectivity index (χ2v) is 8.33. The van der Waals surface area contributed by atoms with E-state index in [2.05, 4.69) is 15.0 Å². The normalized spacial score (nSPS) is 17.9. The number of fused-ring (bicyclic) bond motifs is 1. The Morgan fingerprint density at radius 1 is 1.06 bits per heavy atom. The third kappa shape index (κ3) is 3.22. The van der Waals surface area contributed by atoms with Gasteiger partial charge >= 0.3 is 5.91 Å². The number of aliphatic hydroxyl groups is 1. The van der Waals surface area contributed by atoms with E-state index in [-0.39, 0.29) is 21.5 Å². The van der Waals surface area contributed by atoms with Gasteiger partial charge in [0.25, 0.3) is 5.78 Å². The lowest BCUT2D eigenvalue weighted by molar-refractivity contribution is -0.132. The fraction of sp³-hybridized carbons (Fsp3) is 0.0455. The number of aliphatic hydroxyl groups excluding tert-OH is 1. The van der Waals surface area contributed by atoms with Crippen molar-refractivity contribution in [1.29, 1.82) is 0 Å². The fourth-order valence-corrected chi connectivity index (χ4v) is 4.73. The number of carbonyl (C=O) groups is 2. The summed E-state index contributed by atoms with van der Waals surface area (Å²) in [5, 5.41) is 11.1. The molecule has 1 aliphatic heterocycles. The molecule has 3 aromatic heterocycles. The highest BCUT2D eigenvalue weighted by molar-refractivity contribution is 7.22. The summed E-state index contributed by atoms with van der Waals surface area (Å²) in [7, 11) is 0. The molecule has 4 heterocycles. The zero-order chi connectivity index (χ0) is 22.4. The van der Waals surface area contributed by atoms with E-state index in [9.17, 15) is 19.1 Å². The summed E-state index contributed by atoms with van der Waals surface area (Å²) < 4.78 is 14.4. The van der Waals surface area contributed by atoms with E-state index in [1.165, 1.54) is 54.0 Å². The van der Waals surface area contributed by atoms with Crippen molar-refractivity contribution in [2.45, 2.75) is 6.04 Å². The van der Waals surface area contributed by atoms with E-state index in [0.717, 1.165) is 11.3 Å². The summed E-state index contributed by atoms with van der Waals surface area (Å²) in [4.78, 5) is 39.7. The van der Waals surface area contributed by atoms with Crippen molar-refractivity contribution < 1.29 is 19.1 Å². The Hall–Kier alpha value is -3.69. The van der Waals surface area contributed by atoms with Gasteiger partial charge in [-0.15, -0.1) is 0 Å². The van der Waals surface area contributed by atoms with E-state index in [4.69, 9.17) is 11.6 Å². The van der Waals surface area contributed by atoms with Gasteiger partial charge in [0, 0.05) is 30.4 Å². The van der Waals surface area contributed by atoms with Crippen molar-refractivity contribution in [3.63, 3.8) is 0 Å². The summed E-state index contributed by atoms with van der Waals surface area (Å²) in [5.74, 6) is -2.65. The van der Waals surface area contributed by atoms with Gasteiger partial charge in [-0.05, 0) is 42.0 Å². The van der Waals surface area contributed by atoms with Gasteiger partial charge in [-0.3, -0.25) is 24.5 Å². The molecule has 7 nitrogen and oxygen atoms in total. The molecule has 1 aromatic carbocycles. The quantitative estimate of drug-likeness (QED) is 0.271. The van der Waals surface area contributed by atoms with Crippen LogP contribution in [0.15, 0.2) is 66.8 Å². The minimum Gasteiger partial charge on any atom is -0.507 e. The molecule has 1 atom stereocenters. The standard InChI is InChI=1S/C22H12ClFN4O3S/c23-13-9-15-16(10-14(13)24)32-22(27-15)28-18(11-1-5-25-6-2-11)17(20(30)21(28)31)19(29)12-3-7-26-8-4-12/h1-10,18,29H/b19-17+. The van der Waals surface area contributed by atoms with Crippen LogP contribution in [0.25, 0.3) is 16.0 Å². The van der Waals surface area contributed by atoms with Crippen molar-refractivity contribution >= 4 is 55.7 Å². The average molecular weight is 467 g/mol. The molecular weight excluding hydrogens is 455 g/mol. The van der Waals surface area contributed by atoms with Gasteiger partial charge in [0.1, 0.15) is 11.6 Å². The van der Waals surface area contributed by atoms with Crippen LogP contribution in [0, 0.1) is 5.82 Å². The molecule has 158 valence electrons. The number of Topliss-reactive ketones (excluding diaryl/α,β-unsaturated/α-hetero) is 1. The van der Waals surface area contributed by atoms with Crippen LogP contribution in [-0.2, 0) is 9.59 Å². The number of benzene rings is 1. The van der Waals surface area contributed by atoms with Crippen molar-refractivity contribution in [3.8, 4) is 0 Å². The fourth-order valence-electron chi connectivity index (χ4n) is 3.57. The Labute approximate surface area is 189 Å². The monoisotopic (exact) mass is 466 g/mol. The molecular formula is C22H12ClFN4O3S. The first kappa shape index (κ1) is 20.2. The predicted molar refractivity (Wildman–Crippen MR) is 118 cm³/mol. The summed E-state index contributed by atoms with van der Waals surface area (Å²) in [5.41, 5.74) is 1.20. The third-order valence-corrected chi connectivity index (χ3v) is 6.35. The highest BCUT2D eigenvalue weighted by Gasteiger charge is 2.48. The number of nitrogens with zero attached hydrogens (tertiary/aromatic N) is 4. The van der Waals surface area contributed by atoms with Crippen molar-refractivity contribution in [2.75, 3.05) is 4.90 Å². The van der Waals surface area contributed by atoms with Crippen molar-refractivity contribution in [2.24, 2.45) is 0 Å². The van der Waals surface area contributed by atoms with Crippen LogP contribution in [0.4, 0.5) is 9.52 Å². The summed E-state index contributed by atoms with van der Waals surface area (Å²) in [6.07, 6.45) is 5.99. The van der Waals surface area contributed by atoms with Crippen LogP contribution in [0.3, 0.4) is 0 Å². The van der Waals surface area contributed by atoms with Gasteiger partial charge in [-0.1, -0.05) is 22.9 Å². The molecule has 32 heavy (non-hydrogen) atoms. The smallest absolute Gasteiger partial charge is 0.301 e. The lowest BCUT2D eigenvalue weighted by Gasteiger charge is -2.22. The number of pyridine rings is 2. The molecule has 0 spiro atoms. The number of amides is 1. The molecule has 0 radical (unpaired) electrons. The molecule has 1 unspecified atom stereocenters. The Morgan fingerprint density at radius 3 is 2.41 bits per heavy atom. The second kappa shape index (κ2) is 7.77. The highest BCUT2D eigenvalue weighted by atomic mass is 35.5. The Balaban J connectivity index is 1.73. The lowest BCUT2D eigenvalue weighted by atomic mass is 9.96. The summed E-state index contributed by atoms with van der Waals surface area (Å²) in [6, 6.07) is 8.01. The zero-order valence-corrected chi connectivity index (χ0v) is 17.6. The third-order valence-electron chi connectivity index (χ3n) is 5.05. The number of anilines is 1. The average Bonchev–Trinajstić information content (AvgIpc) is 3.32. The van der Waals surface area contributed by atoms with Crippen LogP contribution in [0.1, 0.15) is 17.2 Å². The molecule has 1 amide bonds. The first-order valence-corrected chi connectivity index (χ1v) is 10.5. The summed E-state index contributed by atoms with van der Waals surface area (Å²) in [6.45, 7) is 0. The van der Waals surface area contributed by atoms with Crippen molar-refractivity contribution in [3.05, 3.63) is 88.7 Å². The van der Waals surface area contributed by atoms with E-state index < -0.39 is 23.5 Å². The molecule has 0 saturated carbocycles. The Bertz CT molecular complexity index is 1370. The van der Waals surface area contributed by atoms with Crippen LogP contribution in [0.2, 0.25) is 5.02 Å². The van der Waals surface area contributed by atoms with E-state index in [0.29, 0.717) is 21.3 Å². The molecule has 5 rings (SSSR count). The van der Waals surface area contributed by atoms with Gasteiger partial charge in [0.05, 0.1) is 26.9 Å². The van der Waals surface area contributed by atoms with Gasteiger partial charge < -0.3 is 5.11 Å². The van der Waals surface area contributed by atoms with Crippen LogP contribution in [-0.4, -0.2) is 31.7 Å². The van der Waals surface area contributed by atoms with Crippen molar-refractivity contribution in [1.82, 2.24) is 15.0 Å². The maximum absolute atomic E-state index is 13.9. The number of hydrogen-bond donors (Lipinski definition) is 1. The van der Waals surface area contributed by atoms with Gasteiger partial charge in [0.2, 0.25) is 0 Å². The molecule has 1 fully saturated rings. The van der Waals surface area contributed by atoms with Crippen LogP contribution in [0.5, 0.6) is 0 Å². The Morgan fingerprint density at radius 2 is 1.72 bits per heavy atom. The number of ketones is 1. The first-order valence-electron chi connectivity index (χ1n) is 9.32. The number of rotatable bonds is 3. The molecule has 0 bridgehead atoms. The van der Waals surface area contributed by atoms with Gasteiger partial charge in [-0.25, -0.2) is 9.37 Å². The number of halogens is 2. The van der Waals surface area contributed by atoms with Crippen LogP contribution < -0.4 is 4.90 Å². The molecule has 1 N–H and O–H groups in total. The first-order chi connectivity index (χ1) is 15.5. The molecule has 10 heteroatoms. The topological polar surface area (TPSA) is 96.3 Å². The maximum atomic E-state index is 13.9. The van der Waals surface area contributed by atoms with Gasteiger partial charge in [-0.2, -0.15) is 0 Å². The number of carbonyl (C=O) groups excluding carboxylic acids is 2. The highest BCUT2D eigenvalue weighted by Crippen LogP contribution is 2.44. The van der Waals surface area contributed by atoms with E-state index in [1.54, 1.807) is 12.1 Å². The largest absolute Gasteiger partial charge is 0.507 e. The summed E-state index contributed by atoms with van der Waals surface area (Å²) >= 11 is 6.91. The van der Waals surface area contributed by atoms with E-state index in [1.807, 2.05) is 0 Å². The minimum absolute atomic E-state index is 0.0872. The number of thiazole rings is 1. The SMILES string of the molecule is O=C1C(=O)N(c2nc3cc(Cl)c(F)cc3s2)C(c2ccncc2)/C1=C(\O)c1ccncc1. The second-order valence-electron chi connectivity index (χ2n) is 6.92. The Kier molecular flexibility index (Phi) is 4.91. The zero-order valence-electron chi connectivity index (χ0n) is 16.1. The predicted octanol–water partition coefficient (Wildman–Crippen LogP) is 4.51. The lowest BCUT2D eigenvalue weighted by Crippen LogP contribution is -2.29. The molecule has 1 aliphatic rings. The minimum atomic E-state index is -0.952. The number of hydrogen-bond acceptors (Lipinski definition) is 7. The number of aromatic nitrogens is 3. The maximum Gasteiger partial charge on any atom is 0.301 e. The van der Waals surface area contributed by atoms with Crippen LogP contribution >= 0.6 is 22.9 Å². The van der Waals surface area contributed by atoms with Gasteiger partial charge in [0.15, 0.2) is 5.13 Å².